The summed E-state index contributed by atoms with van der Waals surface area (Å²) in [7, 11) is 1.87. The zero-order valence-electron chi connectivity index (χ0n) is 9.39. The molecule has 0 spiro atoms. The predicted molar refractivity (Wildman–Crippen MR) is 63.6 cm³/mol. The summed E-state index contributed by atoms with van der Waals surface area (Å²) in [5.41, 5.74) is 4.81. The van der Waals surface area contributed by atoms with Gasteiger partial charge < -0.3 is 9.88 Å². The van der Waals surface area contributed by atoms with Crippen molar-refractivity contribution in [3.8, 4) is 0 Å². The molecule has 1 aliphatic heterocycles. The summed E-state index contributed by atoms with van der Waals surface area (Å²) >= 11 is 0. The molecule has 4 heteroatoms. The minimum atomic E-state index is 0. The Kier molecular flexibility index (Phi) is 3.58. The summed E-state index contributed by atoms with van der Waals surface area (Å²) in [5, 5.41) is 3.29. The molecular formula is C11H17ClN2O. The highest BCUT2D eigenvalue weighted by Gasteiger charge is 2.19. The van der Waals surface area contributed by atoms with Gasteiger partial charge in [0, 0.05) is 31.4 Å². The van der Waals surface area contributed by atoms with Crippen LogP contribution in [0.25, 0.3) is 0 Å². The molecule has 2 rings (SSSR count). The van der Waals surface area contributed by atoms with Crippen LogP contribution >= 0.6 is 12.4 Å². The number of nitrogens with one attached hydrogen (secondary N) is 1. The van der Waals surface area contributed by atoms with Crippen molar-refractivity contribution in [1.82, 2.24) is 9.88 Å². The van der Waals surface area contributed by atoms with Gasteiger partial charge in [-0.3, -0.25) is 4.79 Å². The molecule has 1 N–H and O–H groups in total. The van der Waals surface area contributed by atoms with Crippen LogP contribution in [0.15, 0.2) is 4.79 Å². The summed E-state index contributed by atoms with van der Waals surface area (Å²) in [6.45, 7) is 5.83. The van der Waals surface area contributed by atoms with E-state index in [1.807, 2.05) is 14.0 Å². The highest BCUT2D eigenvalue weighted by atomic mass is 35.5. The third kappa shape index (κ3) is 1.70. The van der Waals surface area contributed by atoms with E-state index in [1.165, 1.54) is 11.1 Å². The van der Waals surface area contributed by atoms with Gasteiger partial charge in [0.2, 0.25) is 0 Å². The van der Waals surface area contributed by atoms with E-state index < -0.39 is 0 Å². The maximum Gasteiger partial charge on any atom is 0.253 e. The molecule has 15 heavy (non-hydrogen) atoms. The fraction of sp³-hybridized carbons (Fsp3) is 0.545. The van der Waals surface area contributed by atoms with Crippen molar-refractivity contribution in [2.24, 2.45) is 7.05 Å². The van der Waals surface area contributed by atoms with Crippen LogP contribution in [-0.4, -0.2) is 4.57 Å². The lowest BCUT2D eigenvalue weighted by molar-refractivity contribution is 0.716. The van der Waals surface area contributed by atoms with E-state index in [9.17, 15) is 4.79 Å². The van der Waals surface area contributed by atoms with Crippen molar-refractivity contribution in [3.05, 3.63) is 32.7 Å². The van der Waals surface area contributed by atoms with Crippen molar-refractivity contribution < 1.29 is 0 Å². The van der Waals surface area contributed by atoms with Crippen molar-refractivity contribution in [2.75, 3.05) is 0 Å². The summed E-state index contributed by atoms with van der Waals surface area (Å²) in [6, 6.07) is 0. The first-order chi connectivity index (χ1) is 6.66. The Bertz CT molecular complexity index is 437. The van der Waals surface area contributed by atoms with Crippen LogP contribution in [0.5, 0.6) is 0 Å². The van der Waals surface area contributed by atoms with Crippen LogP contribution in [0.3, 0.4) is 0 Å². The Morgan fingerprint density at radius 1 is 1.40 bits per heavy atom. The van der Waals surface area contributed by atoms with Crippen LogP contribution in [0.4, 0.5) is 0 Å². The van der Waals surface area contributed by atoms with Crippen molar-refractivity contribution in [2.45, 2.75) is 33.4 Å². The number of hydrogen-bond acceptors (Lipinski definition) is 2. The number of halogens is 1. The molecule has 0 bridgehead atoms. The van der Waals surface area contributed by atoms with Gasteiger partial charge in [-0.05, 0) is 24.5 Å². The fourth-order valence-corrected chi connectivity index (χ4v) is 2.27. The van der Waals surface area contributed by atoms with Crippen molar-refractivity contribution >= 4 is 12.4 Å². The van der Waals surface area contributed by atoms with Crippen LogP contribution in [0.2, 0.25) is 0 Å². The van der Waals surface area contributed by atoms with Crippen LogP contribution in [0, 0.1) is 6.92 Å². The average Bonchev–Trinajstić information content (AvgIpc) is 2.64. The van der Waals surface area contributed by atoms with E-state index in [1.54, 1.807) is 4.57 Å². The third-order valence-electron chi connectivity index (χ3n) is 3.17. The molecule has 0 aliphatic carbocycles. The smallest absolute Gasteiger partial charge is 0.253 e. The Labute approximate surface area is 95.9 Å². The minimum absolute atomic E-state index is 0. The molecule has 0 saturated heterocycles. The van der Waals surface area contributed by atoms with Gasteiger partial charge in [0.15, 0.2) is 0 Å². The highest BCUT2D eigenvalue weighted by molar-refractivity contribution is 5.85. The summed E-state index contributed by atoms with van der Waals surface area (Å²) in [4.78, 5) is 11.9. The first-order valence-corrected chi connectivity index (χ1v) is 5.07. The fourth-order valence-electron chi connectivity index (χ4n) is 2.27. The minimum Gasteiger partial charge on any atom is -0.314 e. The zero-order valence-corrected chi connectivity index (χ0v) is 10.2. The lowest BCUT2D eigenvalue weighted by Gasteiger charge is -2.12. The van der Waals surface area contributed by atoms with E-state index in [0.29, 0.717) is 0 Å². The molecule has 0 radical (unpaired) electrons. The molecule has 0 unspecified atom stereocenters. The normalized spacial score (nSPS) is 13.5. The molecule has 1 aliphatic rings. The van der Waals surface area contributed by atoms with Gasteiger partial charge in [-0.15, -0.1) is 12.4 Å². The Morgan fingerprint density at radius 3 is 2.67 bits per heavy atom. The average molecular weight is 229 g/mol. The molecule has 0 saturated carbocycles. The lowest BCUT2D eigenvalue weighted by atomic mass is 10.0. The monoisotopic (exact) mass is 228 g/mol. The van der Waals surface area contributed by atoms with E-state index in [2.05, 4.69) is 12.2 Å². The van der Waals surface area contributed by atoms with Crippen molar-refractivity contribution in [1.29, 1.82) is 0 Å². The van der Waals surface area contributed by atoms with Crippen LogP contribution < -0.4 is 10.9 Å². The SMILES string of the molecule is CCc1c(C)c2c(n(C)c1=O)CNC2.Cl. The molecule has 0 amide bonds. The quantitative estimate of drug-likeness (QED) is 0.786. The van der Waals surface area contributed by atoms with Gasteiger partial charge >= 0.3 is 0 Å². The number of nitrogens with zero attached hydrogens (tertiary/aromatic N) is 1. The van der Waals surface area contributed by atoms with Crippen LogP contribution in [0.1, 0.15) is 29.3 Å². The number of aromatic nitrogens is 1. The summed E-state index contributed by atoms with van der Waals surface area (Å²) in [6.07, 6.45) is 0.825. The van der Waals surface area contributed by atoms with Crippen LogP contribution in [-0.2, 0) is 26.6 Å². The highest BCUT2D eigenvalue weighted by Crippen LogP contribution is 2.19. The van der Waals surface area contributed by atoms with Gasteiger partial charge in [0.25, 0.3) is 5.56 Å². The second kappa shape index (κ2) is 4.37. The zero-order chi connectivity index (χ0) is 10.3. The molecule has 3 nitrogen and oxygen atoms in total. The number of fused-ring (bicyclic) bond motifs is 1. The standard InChI is InChI=1S/C11H16N2O.ClH/c1-4-8-7(2)9-5-12-6-10(9)13(3)11(8)14;/h12H,4-6H2,1-3H3;1H. The first kappa shape index (κ1) is 12.3. The van der Waals surface area contributed by atoms with Gasteiger partial charge in [-0.2, -0.15) is 0 Å². The molecule has 0 aromatic carbocycles. The summed E-state index contributed by atoms with van der Waals surface area (Å²) < 4.78 is 1.79. The molecule has 1 aromatic heterocycles. The molecular weight excluding hydrogens is 212 g/mol. The Hall–Kier alpha value is -0.800. The second-order valence-electron chi connectivity index (χ2n) is 3.85. The predicted octanol–water partition coefficient (Wildman–Crippen LogP) is 1.28. The van der Waals surface area contributed by atoms with E-state index in [4.69, 9.17) is 0 Å². The lowest BCUT2D eigenvalue weighted by Crippen LogP contribution is -2.25. The van der Waals surface area contributed by atoms with E-state index in [0.717, 1.165) is 30.8 Å². The number of rotatable bonds is 1. The summed E-state index contributed by atoms with van der Waals surface area (Å²) in [5.74, 6) is 0. The molecule has 0 fully saturated rings. The maximum atomic E-state index is 11.9. The Morgan fingerprint density at radius 2 is 2.07 bits per heavy atom. The second-order valence-corrected chi connectivity index (χ2v) is 3.85. The Balaban J connectivity index is 0.00000112. The molecule has 1 aromatic rings. The maximum absolute atomic E-state index is 11.9. The van der Waals surface area contributed by atoms with Gasteiger partial charge in [-0.1, -0.05) is 6.92 Å². The first-order valence-electron chi connectivity index (χ1n) is 5.07. The van der Waals surface area contributed by atoms with E-state index in [-0.39, 0.29) is 18.0 Å². The van der Waals surface area contributed by atoms with Gasteiger partial charge in [-0.25, -0.2) is 0 Å². The third-order valence-corrected chi connectivity index (χ3v) is 3.17. The number of pyridine rings is 1. The van der Waals surface area contributed by atoms with Crippen molar-refractivity contribution in [3.63, 3.8) is 0 Å². The van der Waals surface area contributed by atoms with E-state index >= 15 is 0 Å². The topological polar surface area (TPSA) is 34.0 Å². The van der Waals surface area contributed by atoms with Gasteiger partial charge in [0.05, 0.1) is 0 Å². The molecule has 0 atom stereocenters. The molecule has 2 heterocycles. The number of hydrogen-bond donors (Lipinski definition) is 1. The van der Waals surface area contributed by atoms with Gasteiger partial charge in [0.1, 0.15) is 0 Å². The molecule has 84 valence electrons. The largest absolute Gasteiger partial charge is 0.314 e.